The summed E-state index contributed by atoms with van der Waals surface area (Å²) in [5.41, 5.74) is 4.85. The Hall–Kier alpha value is -1.14. The van der Waals surface area contributed by atoms with Crippen molar-refractivity contribution in [2.24, 2.45) is 0 Å². The van der Waals surface area contributed by atoms with Crippen LogP contribution >= 0.6 is 0 Å². The summed E-state index contributed by atoms with van der Waals surface area (Å²) >= 11 is 0. The quantitative estimate of drug-likeness (QED) is 0.744. The van der Waals surface area contributed by atoms with E-state index in [9.17, 15) is 4.39 Å². The minimum absolute atomic E-state index is 0.137. The first-order valence-electron chi connectivity index (χ1n) is 5.49. The highest BCUT2D eigenvalue weighted by molar-refractivity contribution is 6.61. The van der Waals surface area contributed by atoms with Crippen LogP contribution in [0.15, 0.2) is 12.3 Å². The molecule has 1 aromatic rings. The molecule has 6 heteroatoms. The van der Waals surface area contributed by atoms with Crippen molar-refractivity contribution < 1.29 is 13.7 Å². The van der Waals surface area contributed by atoms with Crippen LogP contribution in [0.2, 0.25) is 0 Å². The van der Waals surface area contributed by atoms with E-state index >= 15 is 0 Å². The Morgan fingerprint density at radius 3 is 2.24 bits per heavy atom. The van der Waals surface area contributed by atoms with E-state index in [4.69, 9.17) is 15.0 Å². The normalized spacial score (nSPS) is 21.8. The number of hydrogen-bond acceptors (Lipinski definition) is 4. The van der Waals surface area contributed by atoms with Crippen LogP contribution in [-0.2, 0) is 9.31 Å². The fraction of sp³-hybridized carbons (Fsp3) is 0.545. The molecule has 0 unspecified atom stereocenters. The second-order valence-corrected chi connectivity index (χ2v) is 5.22. The van der Waals surface area contributed by atoms with Gasteiger partial charge in [0.2, 0.25) is 0 Å². The van der Waals surface area contributed by atoms with Gasteiger partial charge in [-0.1, -0.05) is 0 Å². The molecule has 0 spiro atoms. The molecule has 1 aliphatic heterocycles. The third-order valence-electron chi connectivity index (χ3n) is 3.37. The lowest BCUT2D eigenvalue weighted by molar-refractivity contribution is 0.00578. The van der Waals surface area contributed by atoms with Crippen molar-refractivity contribution in [2.45, 2.75) is 38.9 Å². The first kappa shape index (κ1) is 12.3. The summed E-state index contributed by atoms with van der Waals surface area (Å²) in [5.74, 6) is -0.511. The van der Waals surface area contributed by atoms with Gasteiger partial charge in [0.05, 0.1) is 16.9 Å². The molecule has 0 bridgehead atoms. The summed E-state index contributed by atoms with van der Waals surface area (Å²) in [6.45, 7) is 7.62. The standard InChI is InChI=1S/C11H16BFN2O2/c1-10(2)11(3,4)17-12(16-10)9-8(13)5-7(14)6-15-9/h5-6H,14H2,1-4H3. The first-order chi connectivity index (χ1) is 7.73. The van der Waals surface area contributed by atoms with Crippen LogP contribution in [0.25, 0.3) is 0 Å². The molecule has 4 nitrogen and oxygen atoms in total. The third kappa shape index (κ3) is 2.02. The van der Waals surface area contributed by atoms with E-state index in [0.717, 1.165) is 0 Å². The Bertz CT molecular complexity index is 435. The summed E-state index contributed by atoms with van der Waals surface area (Å²) < 4.78 is 25.1. The molecule has 0 aromatic carbocycles. The van der Waals surface area contributed by atoms with Crippen LogP contribution in [0, 0.1) is 5.82 Å². The van der Waals surface area contributed by atoms with Crippen molar-refractivity contribution >= 4 is 18.4 Å². The number of nitrogen functional groups attached to an aromatic ring is 1. The number of halogens is 1. The van der Waals surface area contributed by atoms with Gasteiger partial charge in [0.15, 0.2) is 0 Å². The van der Waals surface area contributed by atoms with Gasteiger partial charge in [-0.25, -0.2) is 4.39 Å². The minimum Gasteiger partial charge on any atom is -0.398 e. The van der Waals surface area contributed by atoms with Crippen molar-refractivity contribution in [1.29, 1.82) is 0 Å². The molecule has 92 valence electrons. The van der Waals surface area contributed by atoms with Crippen LogP contribution < -0.4 is 11.3 Å². The first-order valence-corrected chi connectivity index (χ1v) is 5.49. The average molecular weight is 238 g/mol. The second kappa shape index (κ2) is 3.68. The van der Waals surface area contributed by atoms with Crippen molar-refractivity contribution in [3.8, 4) is 0 Å². The summed E-state index contributed by atoms with van der Waals surface area (Å²) in [6, 6.07) is 1.22. The van der Waals surface area contributed by atoms with E-state index in [1.54, 1.807) is 0 Å². The molecule has 2 heterocycles. The topological polar surface area (TPSA) is 57.4 Å². The van der Waals surface area contributed by atoms with Crippen LogP contribution in [0.3, 0.4) is 0 Å². The maximum atomic E-state index is 13.7. The maximum absolute atomic E-state index is 13.7. The van der Waals surface area contributed by atoms with Crippen LogP contribution in [0.1, 0.15) is 27.7 Å². The highest BCUT2D eigenvalue weighted by Crippen LogP contribution is 2.36. The van der Waals surface area contributed by atoms with Crippen molar-refractivity contribution in [3.05, 3.63) is 18.1 Å². The van der Waals surface area contributed by atoms with Gasteiger partial charge in [0, 0.05) is 6.20 Å². The molecule has 0 radical (unpaired) electrons. The van der Waals surface area contributed by atoms with Crippen molar-refractivity contribution in [2.75, 3.05) is 5.73 Å². The highest BCUT2D eigenvalue weighted by atomic mass is 19.1. The predicted octanol–water partition coefficient (Wildman–Crippen LogP) is 1.10. The molecule has 0 amide bonds. The molecule has 0 atom stereocenters. The Kier molecular flexibility index (Phi) is 2.67. The van der Waals surface area contributed by atoms with Gasteiger partial charge >= 0.3 is 7.12 Å². The Morgan fingerprint density at radius 1 is 1.24 bits per heavy atom. The van der Waals surface area contributed by atoms with E-state index in [2.05, 4.69) is 4.98 Å². The maximum Gasteiger partial charge on any atom is 0.517 e. The SMILES string of the molecule is CC1(C)OB(c2ncc(N)cc2F)OC1(C)C. The molecular formula is C11H16BFN2O2. The molecule has 0 aliphatic carbocycles. The number of aromatic nitrogens is 1. The highest BCUT2D eigenvalue weighted by Gasteiger charge is 2.53. The van der Waals surface area contributed by atoms with Crippen molar-refractivity contribution in [3.63, 3.8) is 0 Å². The Labute approximate surface area is 100 Å². The third-order valence-corrected chi connectivity index (χ3v) is 3.37. The fourth-order valence-electron chi connectivity index (χ4n) is 1.59. The molecule has 1 aliphatic rings. The zero-order chi connectivity index (χ0) is 12.8. The number of hydrogen-bond donors (Lipinski definition) is 1. The number of nitrogens with two attached hydrogens (primary N) is 1. The molecule has 1 saturated heterocycles. The van der Waals surface area contributed by atoms with Gasteiger partial charge in [-0.15, -0.1) is 0 Å². The van der Waals surface area contributed by atoms with E-state index in [-0.39, 0.29) is 11.3 Å². The second-order valence-electron chi connectivity index (χ2n) is 5.22. The summed E-state index contributed by atoms with van der Waals surface area (Å²) in [4.78, 5) is 3.94. The Morgan fingerprint density at radius 2 is 1.76 bits per heavy atom. The van der Waals surface area contributed by atoms with Gasteiger partial charge < -0.3 is 15.0 Å². The van der Waals surface area contributed by atoms with E-state index in [1.165, 1.54) is 12.3 Å². The summed E-state index contributed by atoms with van der Waals surface area (Å²) in [5, 5.41) is 0. The molecule has 0 saturated carbocycles. The molecule has 17 heavy (non-hydrogen) atoms. The molecule has 2 N–H and O–H groups in total. The molecular weight excluding hydrogens is 222 g/mol. The molecule has 2 rings (SSSR count). The van der Waals surface area contributed by atoms with E-state index in [0.29, 0.717) is 0 Å². The molecule has 1 aromatic heterocycles. The van der Waals surface area contributed by atoms with Gasteiger partial charge in [-0.3, -0.25) is 4.98 Å². The van der Waals surface area contributed by atoms with E-state index in [1.807, 2.05) is 27.7 Å². The lowest BCUT2D eigenvalue weighted by Crippen LogP contribution is -2.41. The monoisotopic (exact) mass is 238 g/mol. The number of rotatable bonds is 1. The average Bonchev–Trinajstić information content (AvgIpc) is 2.35. The van der Waals surface area contributed by atoms with E-state index < -0.39 is 24.1 Å². The minimum atomic E-state index is -0.791. The Balaban J connectivity index is 2.32. The number of pyridine rings is 1. The van der Waals surface area contributed by atoms with Crippen molar-refractivity contribution in [1.82, 2.24) is 4.98 Å². The fourth-order valence-corrected chi connectivity index (χ4v) is 1.59. The number of anilines is 1. The van der Waals surface area contributed by atoms with Crippen LogP contribution in [0.4, 0.5) is 10.1 Å². The summed E-state index contributed by atoms with van der Waals surface area (Å²) in [6.07, 6.45) is 1.39. The van der Waals surface area contributed by atoms with Gasteiger partial charge in [0.1, 0.15) is 11.4 Å². The van der Waals surface area contributed by atoms with Crippen LogP contribution in [-0.4, -0.2) is 23.3 Å². The lowest BCUT2D eigenvalue weighted by atomic mass is 9.83. The van der Waals surface area contributed by atoms with Gasteiger partial charge in [0.25, 0.3) is 0 Å². The largest absolute Gasteiger partial charge is 0.517 e. The van der Waals surface area contributed by atoms with Gasteiger partial charge in [-0.2, -0.15) is 0 Å². The van der Waals surface area contributed by atoms with Crippen LogP contribution in [0.5, 0.6) is 0 Å². The lowest BCUT2D eigenvalue weighted by Gasteiger charge is -2.32. The zero-order valence-corrected chi connectivity index (χ0v) is 10.5. The molecule has 1 fully saturated rings. The zero-order valence-electron chi connectivity index (χ0n) is 10.5. The van der Waals surface area contributed by atoms with Gasteiger partial charge in [-0.05, 0) is 33.8 Å². The summed E-state index contributed by atoms with van der Waals surface area (Å²) in [7, 11) is -0.791. The predicted molar refractivity (Wildman–Crippen MR) is 64.3 cm³/mol. The smallest absolute Gasteiger partial charge is 0.398 e. The number of nitrogens with zero attached hydrogens (tertiary/aromatic N) is 1.